The van der Waals surface area contributed by atoms with Gasteiger partial charge in [0, 0.05) is 12.6 Å². The molecule has 2 aromatic heterocycles. The largest absolute Gasteiger partial charge is 0.417 e. The molecule has 0 aromatic carbocycles. The topological polar surface area (TPSA) is 73.0 Å². The van der Waals surface area contributed by atoms with Gasteiger partial charge in [0.05, 0.1) is 35.9 Å². The first kappa shape index (κ1) is 21.7. The molecule has 31 heavy (non-hydrogen) atoms. The predicted octanol–water partition coefficient (Wildman–Crippen LogP) is 2.56. The number of likely N-dealkylation sites (tertiary alicyclic amines) is 1. The first-order valence-electron chi connectivity index (χ1n) is 9.53. The van der Waals surface area contributed by atoms with E-state index in [1.54, 1.807) is 0 Å². The Morgan fingerprint density at radius 3 is 2.55 bits per heavy atom. The number of aryl methyl sites for hydroxylation is 1. The van der Waals surface area contributed by atoms with Crippen LogP contribution in [0.4, 0.5) is 22.0 Å². The monoisotopic (exact) mass is 465 g/mol. The smallest absolute Gasteiger partial charge is 0.335 e. The van der Waals surface area contributed by atoms with Gasteiger partial charge in [0.25, 0.3) is 0 Å². The van der Waals surface area contributed by atoms with Gasteiger partial charge in [0.2, 0.25) is 5.91 Å². The molecule has 0 bridgehead atoms. The molecule has 2 aromatic rings. The summed E-state index contributed by atoms with van der Waals surface area (Å²) < 4.78 is 68.3. The molecule has 168 valence electrons. The molecule has 2 aliphatic rings. The molecule has 3 atom stereocenters. The van der Waals surface area contributed by atoms with Gasteiger partial charge >= 0.3 is 11.9 Å². The van der Waals surface area contributed by atoms with Crippen molar-refractivity contribution in [1.29, 1.82) is 0 Å². The highest BCUT2D eigenvalue weighted by Gasteiger charge is 2.40. The normalized spacial score (nSPS) is 23.8. The summed E-state index contributed by atoms with van der Waals surface area (Å²) in [5.41, 5.74) is -1.87. The second kappa shape index (κ2) is 7.88. The molecule has 4 heterocycles. The summed E-state index contributed by atoms with van der Waals surface area (Å²) in [6, 6.07) is -0.227. The van der Waals surface area contributed by atoms with Crippen molar-refractivity contribution in [1.82, 2.24) is 24.2 Å². The SMILES string of the molecule is O=C([C@@H]1CCCc2nn(Cc3cc(C(F)(F)F)c(Cl)cn3)c(=O)n21)N1C[C@@H](F)[C@@H](F)C1. The molecule has 0 aliphatic carbocycles. The summed E-state index contributed by atoms with van der Waals surface area (Å²) >= 11 is 5.57. The minimum absolute atomic E-state index is 0.0859. The number of aromatic nitrogens is 4. The third-order valence-electron chi connectivity index (χ3n) is 5.44. The molecular weight excluding hydrogens is 449 g/mol. The Balaban J connectivity index is 1.62. The van der Waals surface area contributed by atoms with Crippen LogP contribution < -0.4 is 5.69 Å². The molecule has 13 heteroatoms. The molecule has 1 amide bonds. The first-order valence-corrected chi connectivity index (χ1v) is 9.91. The highest BCUT2D eigenvalue weighted by Crippen LogP contribution is 2.34. The minimum atomic E-state index is -4.69. The molecule has 0 N–H and O–H groups in total. The van der Waals surface area contributed by atoms with E-state index in [0.29, 0.717) is 19.3 Å². The molecule has 0 spiro atoms. The Morgan fingerprint density at radius 2 is 1.90 bits per heavy atom. The quantitative estimate of drug-likeness (QED) is 0.653. The molecular formula is C18H17ClF5N5O2. The summed E-state index contributed by atoms with van der Waals surface area (Å²) in [5.74, 6) is -0.290. The number of hydrogen-bond donors (Lipinski definition) is 0. The molecule has 0 saturated carbocycles. The van der Waals surface area contributed by atoms with Crippen LogP contribution in [-0.2, 0) is 23.9 Å². The van der Waals surface area contributed by atoms with Gasteiger partial charge in [-0.25, -0.2) is 18.3 Å². The fraction of sp³-hybridized carbons (Fsp3) is 0.556. The van der Waals surface area contributed by atoms with Crippen LogP contribution in [-0.4, -0.2) is 55.6 Å². The van der Waals surface area contributed by atoms with Gasteiger partial charge in [-0.1, -0.05) is 11.6 Å². The highest BCUT2D eigenvalue weighted by atomic mass is 35.5. The zero-order valence-electron chi connectivity index (χ0n) is 15.9. The number of carbonyl (C=O) groups is 1. The van der Waals surface area contributed by atoms with Crippen LogP contribution in [0.2, 0.25) is 5.02 Å². The number of rotatable bonds is 3. The molecule has 0 unspecified atom stereocenters. The van der Waals surface area contributed by atoms with Crippen molar-refractivity contribution in [2.75, 3.05) is 13.1 Å². The van der Waals surface area contributed by atoms with Gasteiger partial charge in [-0.3, -0.25) is 14.3 Å². The summed E-state index contributed by atoms with van der Waals surface area (Å²) in [7, 11) is 0. The fourth-order valence-corrected chi connectivity index (χ4v) is 4.13. The second-order valence-corrected chi connectivity index (χ2v) is 7.97. The van der Waals surface area contributed by atoms with Crippen molar-refractivity contribution in [3.63, 3.8) is 0 Å². The van der Waals surface area contributed by atoms with E-state index in [-0.39, 0.29) is 31.2 Å². The van der Waals surface area contributed by atoms with Crippen molar-refractivity contribution < 1.29 is 26.7 Å². The predicted molar refractivity (Wildman–Crippen MR) is 98.2 cm³/mol. The molecule has 1 saturated heterocycles. The molecule has 0 radical (unpaired) electrons. The summed E-state index contributed by atoms with van der Waals surface area (Å²) in [6.07, 6.45) is -6.19. The maximum Gasteiger partial charge on any atom is 0.417 e. The Hall–Kier alpha value is -2.50. The van der Waals surface area contributed by atoms with E-state index in [9.17, 15) is 31.5 Å². The van der Waals surface area contributed by atoms with Crippen LogP contribution in [0.1, 0.15) is 36.0 Å². The third-order valence-corrected chi connectivity index (χ3v) is 5.74. The van der Waals surface area contributed by atoms with E-state index in [1.807, 2.05) is 0 Å². The van der Waals surface area contributed by atoms with Crippen LogP contribution in [0.25, 0.3) is 0 Å². The van der Waals surface area contributed by atoms with Gasteiger partial charge in [-0.05, 0) is 18.9 Å². The maximum atomic E-state index is 13.5. The lowest BCUT2D eigenvalue weighted by molar-refractivity contribution is -0.137. The number of pyridine rings is 1. The van der Waals surface area contributed by atoms with Crippen molar-refractivity contribution >= 4 is 17.5 Å². The summed E-state index contributed by atoms with van der Waals surface area (Å²) in [5, 5.41) is 3.57. The van der Waals surface area contributed by atoms with E-state index in [0.717, 1.165) is 26.4 Å². The Bertz CT molecular complexity index is 1060. The number of nitrogens with zero attached hydrogens (tertiary/aromatic N) is 5. The fourth-order valence-electron chi connectivity index (χ4n) is 3.92. The van der Waals surface area contributed by atoms with Gasteiger partial charge in [-0.15, -0.1) is 0 Å². The number of hydrogen-bond acceptors (Lipinski definition) is 4. The Kier molecular flexibility index (Phi) is 5.52. The number of amides is 1. The van der Waals surface area contributed by atoms with E-state index in [2.05, 4.69) is 10.1 Å². The van der Waals surface area contributed by atoms with E-state index in [1.165, 1.54) is 0 Å². The molecule has 4 rings (SSSR count). The maximum absolute atomic E-state index is 13.5. The van der Waals surface area contributed by atoms with Crippen LogP contribution in [0.5, 0.6) is 0 Å². The molecule has 2 aliphatic heterocycles. The number of carbonyl (C=O) groups excluding carboxylic acids is 1. The van der Waals surface area contributed by atoms with Crippen molar-refractivity contribution in [3.05, 3.63) is 44.9 Å². The van der Waals surface area contributed by atoms with Gasteiger partial charge in [-0.2, -0.15) is 18.3 Å². The van der Waals surface area contributed by atoms with Gasteiger partial charge < -0.3 is 4.90 Å². The van der Waals surface area contributed by atoms with Gasteiger partial charge in [0.1, 0.15) is 11.9 Å². The zero-order chi connectivity index (χ0) is 22.5. The van der Waals surface area contributed by atoms with Crippen LogP contribution in [0, 0.1) is 0 Å². The number of fused-ring (bicyclic) bond motifs is 1. The van der Waals surface area contributed by atoms with Crippen molar-refractivity contribution in [2.45, 2.75) is 50.4 Å². The van der Waals surface area contributed by atoms with E-state index >= 15 is 0 Å². The van der Waals surface area contributed by atoms with E-state index in [4.69, 9.17) is 11.6 Å². The lowest BCUT2D eigenvalue weighted by Crippen LogP contribution is -2.42. The van der Waals surface area contributed by atoms with E-state index < -0.39 is 46.7 Å². The average molecular weight is 466 g/mol. The summed E-state index contributed by atoms with van der Waals surface area (Å²) in [6.45, 7) is -1.13. The lowest BCUT2D eigenvalue weighted by Gasteiger charge is -2.26. The Morgan fingerprint density at radius 1 is 1.23 bits per heavy atom. The standard InChI is InChI=1S/C18H17ClF5N5O2/c19-11-5-25-9(4-10(11)18(22,23)24)6-28-17(31)29-14(2-1-3-15(29)26-28)16(30)27-7-12(20)13(21)8-27/h4-5,12-14H,1-3,6-8H2/t12-,13+,14-/m0/s1. The van der Waals surface area contributed by atoms with Crippen LogP contribution in [0.3, 0.4) is 0 Å². The van der Waals surface area contributed by atoms with Crippen molar-refractivity contribution in [3.8, 4) is 0 Å². The van der Waals surface area contributed by atoms with Crippen LogP contribution in [0.15, 0.2) is 17.1 Å². The molecule has 1 fully saturated rings. The third kappa shape index (κ3) is 4.04. The Labute approximate surface area is 177 Å². The lowest BCUT2D eigenvalue weighted by atomic mass is 10.0. The number of halogens is 6. The average Bonchev–Trinajstić information content (AvgIpc) is 3.21. The first-order chi connectivity index (χ1) is 14.6. The minimum Gasteiger partial charge on any atom is -0.335 e. The van der Waals surface area contributed by atoms with Crippen molar-refractivity contribution in [2.24, 2.45) is 0 Å². The van der Waals surface area contributed by atoms with Crippen LogP contribution >= 0.6 is 11.6 Å². The highest BCUT2D eigenvalue weighted by molar-refractivity contribution is 6.31. The number of alkyl halides is 5. The summed E-state index contributed by atoms with van der Waals surface area (Å²) in [4.78, 5) is 30.6. The zero-order valence-corrected chi connectivity index (χ0v) is 16.7. The second-order valence-electron chi connectivity index (χ2n) is 7.56. The molecule has 7 nitrogen and oxygen atoms in total. The van der Waals surface area contributed by atoms with Gasteiger partial charge in [0.15, 0.2) is 12.3 Å².